The maximum absolute atomic E-state index is 11.8. The van der Waals surface area contributed by atoms with Crippen LogP contribution in [-0.4, -0.2) is 39.4 Å². The minimum absolute atomic E-state index is 0.0419. The lowest BCUT2D eigenvalue weighted by Crippen LogP contribution is -2.17. The molecule has 0 saturated carbocycles. The monoisotopic (exact) mass is 307 g/mol. The minimum atomic E-state index is -0.687. The highest BCUT2D eigenvalue weighted by Gasteiger charge is 2.22. The Morgan fingerprint density at radius 3 is 2.50 bits per heavy atom. The predicted molar refractivity (Wildman–Crippen MR) is 76.8 cm³/mol. The third kappa shape index (κ3) is 3.84. The number of rotatable bonds is 5. The van der Waals surface area contributed by atoms with Crippen LogP contribution in [0.5, 0.6) is 0 Å². The number of anilines is 1. The molecule has 0 aliphatic carbocycles. The molecular formula is C15H17NO6. The molecule has 118 valence electrons. The van der Waals surface area contributed by atoms with Crippen LogP contribution in [0.3, 0.4) is 0 Å². The van der Waals surface area contributed by atoms with Crippen LogP contribution in [0.25, 0.3) is 0 Å². The number of benzene rings is 1. The van der Waals surface area contributed by atoms with E-state index in [0.717, 1.165) is 11.6 Å². The summed E-state index contributed by atoms with van der Waals surface area (Å²) in [5.41, 5.74) is 1.26. The summed E-state index contributed by atoms with van der Waals surface area (Å²) in [7, 11) is 2.45. The molecule has 1 aromatic carbocycles. The molecule has 1 aromatic rings. The van der Waals surface area contributed by atoms with Gasteiger partial charge in [-0.2, -0.15) is 0 Å². The Morgan fingerprint density at radius 2 is 1.86 bits per heavy atom. The van der Waals surface area contributed by atoms with Crippen molar-refractivity contribution in [3.63, 3.8) is 0 Å². The third-order valence-corrected chi connectivity index (χ3v) is 2.97. The first-order chi connectivity index (χ1) is 10.7. The van der Waals surface area contributed by atoms with Crippen LogP contribution < -0.4 is 5.32 Å². The van der Waals surface area contributed by atoms with E-state index in [9.17, 15) is 9.59 Å². The Morgan fingerprint density at radius 1 is 1.18 bits per heavy atom. The van der Waals surface area contributed by atoms with Gasteiger partial charge in [0.2, 0.25) is 0 Å². The van der Waals surface area contributed by atoms with Gasteiger partial charge in [0.25, 0.3) is 0 Å². The van der Waals surface area contributed by atoms with E-state index in [0.29, 0.717) is 18.9 Å². The second-order valence-corrected chi connectivity index (χ2v) is 4.36. The second kappa shape index (κ2) is 7.58. The number of carbonyl (C=O) groups is 2. The van der Waals surface area contributed by atoms with Gasteiger partial charge in [-0.05, 0) is 6.07 Å². The Hall–Kier alpha value is -2.38. The fourth-order valence-corrected chi connectivity index (χ4v) is 1.93. The molecule has 1 saturated heterocycles. The zero-order valence-electron chi connectivity index (χ0n) is 12.3. The van der Waals surface area contributed by atoms with Crippen molar-refractivity contribution in [2.45, 2.75) is 6.29 Å². The average Bonchev–Trinajstić information content (AvgIpc) is 3.08. The van der Waals surface area contributed by atoms with Gasteiger partial charge in [0.15, 0.2) is 6.29 Å². The molecule has 22 heavy (non-hydrogen) atoms. The number of esters is 2. The Bertz CT molecular complexity index is 577. The number of ether oxygens (including phenoxy) is 4. The summed E-state index contributed by atoms with van der Waals surface area (Å²) in [5, 5.41) is 2.87. The zero-order chi connectivity index (χ0) is 15.9. The number of nitrogens with one attached hydrogen (secondary N) is 1. The summed E-state index contributed by atoms with van der Waals surface area (Å²) in [6.07, 6.45) is 0.514. The quantitative estimate of drug-likeness (QED) is 0.650. The number of hydrogen-bond donors (Lipinski definition) is 1. The third-order valence-electron chi connectivity index (χ3n) is 2.97. The van der Waals surface area contributed by atoms with Crippen molar-refractivity contribution in [2.24, 2.45) is 0 Å². The van der Waals surface area contributed by atoms with Gasteiger partial charge in [0, 0.05) is 11.3 Å². The minimum Gasteiger partial charge on any atom is -0.466 e. The molecule has 0 unspecified atom stereocenters. The summed E-state index contributed by atoms with van der Waals surface area (Å²) in [5.74, 6) is -1.35. The molecule has 7 heteroatoms. The van der Waals surface area contributed by atoms with Crippen LogP contribution in [0.4, 0.5) is 5.69 Å². The smallest absolute Gasteiger partial charge is 0.354 e. The maximum atomic E-state index is 11.8. The van der Waals surface area contributed by atoms with Crippen molar-refractivity contribution in [1.29, 1.82) is 0 Å². The number of para-hydroxylation sites is 1. The average molecular weight is 307 g/mol. The van der Waals surface area contributed by atoms with E-state index in [2.05, 4.69) is 14.8 Å². The van der Waals surface area contributed by atoms with Gasteiger partial charge in [0.05, 0.1) is 33.5 Å². The fraction of sp³-hybridized carbons (Fsp3) is 0.333. The first-order valence-corrected chi connectivity index (χ1v) is 6.63. The lowest BCUT2D eigenvalue weighted by Gasteiger charge is -2.16. The standard InChI is InChI=1S/C15H17NO6/c1-19-13(17)9-12(14(18)20-2)16-11-6-4-3-5-10(11)15-21-7-8-22-15/h3-6,9,15-16H,7-8H2,1-2H3/b12-9+. The van der Waals surface area contributed by atoms with Gasteiger partial charge < -0.3 is 24.3 Å². The molecule has 0 radical (unpaired) electrons. The molecule has 2 rings (SSSR count). The van der Waals surface area contributed by atoms with Crippen LogP contribution in [0.1, 0.15) is 11.9 Å². The Kier molecular flexibility index (Phi) is 5.51. The van der Waals surface area contributed by atoms with Crippen LogP contribution in [0.2, 0.25) is 0 Å². The van der Waals surface area contributed by atoms with Crippen LogP contribution in [0, 0.1) is 0 Å². The summed E-state index contributed by atoms with van der Waals surface area (Å²) in [6, 6.07) is 7.17. The van der Waals surface area contributed by atoms with E-state index in [1.807, 2.05) is 12.1 Å². The Labute approximate surface area is 127 Å². The van der Waals surface area contributed by atoms with Crippen LogP contribution in [-0.2, 0) is 28.5 Å². The van der Waals surface area contributed by atoms with Crippen molar-refractivity contribution in [1.82, 2.24) is 0 Å². The van der Waals surface area contributed by atoms with E-state index in [4.69, 9.17) is 9.47 Å². The van der Waals surface area contributed by atoms with Gasteiger partial charge in [-0.1, -0.05) is 18.2 Å². The second-order valence-electron chi connectivity index (χ2n) is 4.36. The summed E-state index contributed by atoms with van der Waals surface area (Å²) < 4.78 is 20.1. The van der Waals surface area contributed by atoms with Crippen LogP contribution in [0.15, 0.2) is 36.0 Å². The van der Waals surface area contributed by atoms with E-state index in [1.54, 1.807) is 12.1 Å². The first kappa shape index (κ1) is 16.0. The topological polar surface area (TPSA) is 83.1 Å². The predicted octanol–water partition coefficient (Wildman–Crippen LogP) is 1.37. The Balaban J connectivity index is 2.28. The van der Waals surface area contributed by atoms with Crippen LogP contribution >= 0.6 is 0 Å². The highest BCUT2D eigenvalue weighted by atomic mass is 16.7. The number of hydrogen-bond acceptors (Lipinski definition) is 7. The van der Waals surface area contributed by atoms with Gasteiger partial charge >= 0.3 is 11.9 Å². The van der Waals surface area contributed by atoms with Crippen molar-refractivity contribution in [3.05, 3.63) is 41.6 Å². The van der Waals surface area contributed by atoms with E-state index >= 15 is 0 Å². The molecule has 1 aliphatic rings. The fourth-order valence-electron chi connectivity index (χ4n) is 1.93. The first-order valence-electron chi connectivity index (χ1n) is 6.63. The lowest BCUT2D eigenvalue weighted by molar-refractivity contribution is -0.138. The molecule has 7 nitrogen and oxygen atoms in total. The zero-order valence-corrected chi connectivity index (χ0v) is 12.3. The molecule has 0 atom stereocenters. The van der Waals surface area contributed by atoms with Gasteiger partial charge in [-0.25, -0.2) is 9.59 Å². The van der Waals surface area contributed by atoms with E-state index < -0.39 is 18.2 Å². The normalized spacial score (nSPS) is 15.5. The molecule has 1 heterocycles. The van der Waals surface area contributed by atoms with E-state index in [1.165, 1.54) is 14.2 Å². The maximum Gasteiger partial charge on any atom is 0.354 e. The van der Waals surface area contributed by atoms with Crippen molar-refractivity contribution in [2.75, 3.05) is 32.8 Å². The summed E-state index contributed by atoms with van der Waals surface area (Å²) in [4.78, 5) is 23.2. The number of methoxy groups -OCH3 is 2. The van der Waals surface area contributed by atoms with E-state index in [-0.39, 0.29) is 5.70 Å². The lowest BCUT2D eigenvalue weighted by atomic mass is 10.1. The van der Waals surface area contributed by atoms with Crippen molar-refractivity contribution in [3.8, 4) is 0 Å². The number of carbonyl (C=O) groups excluding carboxylic acids is 2. The van der Waals surface area contributed by atoms with Gasteiger partial charge in [0.1, 0.15) is 5.70 Å². The van der Waals surface area contributed by atoms with Crippen molar-refractivity contribution < 1.29 is 28.5 Å². The highest BCUT2D eigenvalue weighted by Crippen LogP contribution is 2.30. The molecule has 0 bridgehead atoms. The molecule has 1 N–H and O–H groups in total. The SMILES string of the molecule is COC(=O)/C=C(/Nc1ccccc1C1OCCO1)C(=O)OC. The largest absolute Gasteiger partial charge is 0.466 e. The highest BCUT2D eigenvalue weighted by molar-refractivity contribution is 5.98. The summed E-state index contributed by atoms with van der Waals surface area (Å²) >= 11 is 0. The summed E-state index contributed by atoms with van der Waals surface area (Å²) in [6.45, 7) is 1.00. The molecule has 0 amide bonds. The van der Waals surface area contributed by atoms with Crippen molar-refractivity contribution >= 4 is 17.6 Å². The van der Waals surface area contributed by atoms with Gasteiger partial charge in [-0.3, -0.25) is 0 Å². The molecule has 0 spiro atoms. The molecule has 1 fully saturated rings. The molecule has 1 aliphatic heterocycles. The van der Waals surface area contributed by atoms with Gasteiger partial charge in [-0.15, -0.1) is 0 Å². The molecule has 0 aromatic heterocycles. The molecular weight excluding hydrogens is 290 g/mol.